The van der Waals surface area contributed by atoms with Crippen LogP contribution in [0.1, 0.15) is 12.2 Å². The number of nitrogens with zero attached hydrogens (tertiary/aromatic N) is 3. The lowest BCUT2D eigenvalue weighted by Gasteiger charge is -2.22. The molecule has 1 aromatic carbocycles. The van der Waals surface area contributed by atoms with Gasteiger partial charge in [-0.05, 0) is 19.1 Å². The second-order valence-corrected chi connectivity index (χ2v) is 6.32. The molecule has 9 nitrogen and oxygen atoms in total. The third kappa shape index (κ3) is 2.57. The van der Waals surface area contributed by atoms with Crippen molar-refractivity contribution in [2.24, 2.45) is 5.73 Å². The zero-order valence-corrected chi connectivity index (χ0v) is 14.0. The third-order valence-electron chi connectivity index (χ3n) is 4.52. The molecule has 4 N–H and O–H groups in total. The second-order valence-electron chi connectivity index (χ2n) is 6.32. The molecule has 0 bridgehead atoms. The highest BCUT2D eigenvalue weighted by atomic mass is 16.4. The topological polar surface area (TPSA) is 135 Å². The molecular formula is C17H17N5O4. The summed E-state index contributed by atoms with van der Waals surface area (Å²) in [6, 6.07) is 5.54. The molecule has 0 radical (unpaired) electrons. The minimum absolute atomic E-state index is 0.225. The number of carbonyl (C=O) groups is 2. The smallest absolute Gasteiger partial charge is 0.326 e. The van der Waals surface area contributed by atoms with Crippen molar-refractivity contribution in [2.45, 2.75) is 25.4 Å². The van der Waals surface area contributed by atoms with Gasteiger partial charge in [-0.2, -0.15) is 0 Å². The first-order chi connectivity index (χ1) is 12.4. The number of hydrogen-bond donors (Lipinski definition) is 3. The average molecular weight is 355 g/mol. The molecule has 0 saturated carbocycles. The van der Waals surface area contributed by atoms with E-state index in [1.54, 1.807) is 11.8 Å². The molecule has 2 amide bonds. The summed E-state index contributed by atoms with van der Waals surface area (Å²) in [7, 11) is 0. The quantitative estimate of drug-likeness (QED) is 0.646. The van der Waals surface area contributed by atoms with E-state index in [1.807, 2.05) is 24.3 Å². The summed E-state index contributed by atoms with van der Waals surface area (Å²) in [5.41, 5.74) is 6.91. The van der Waals surface area contributed by atoms with Crippen LogP contribution in [0.2, 0.25) is 0 Å². The van der Waals surface area contributed by atoms with E-state index in [0.29, 0.717) is 28.3 Å². The number of aryl methyl sites for hydroxylation is 1. The minimum atomic E-state index is -1.00. The second kappa shape index (κ2) is 5.87. The molecule has 1 aliphatic heterocycles. The van der Waals surface area contributed by atoms with Crippen LogP contribution in [0, 0.1) is 6.92 Å². The van der Waals surface area contributed by atoms with Crippen LogP contribution >= 0.6 is 0 Å². The number of nitrogens with two attached hydrogens (primary N) is 1. The van der Waals surface area contributed by atoms with E-state index in [-0.39, 0.29) is 19.0 Å². The first kappa shape index (κ1) is 16.1. The Bertz CT molecular complexity index is 1030. The molecule has 2 unspecified atom stereocenters. The average Bonchev–Trinajstić information content (AvgIpc) is 3.15. The summed E-state index contributed by atoms with van der Waals surface area (Å²) in [6.07, 6.45) is 0.225. The van der Waals surface area contributed by atoms with Gasteiger partial charge in [-0.15, -0.1) is 0 Å². The molecule has 1 saturated heterocycles. The molecule has 0 spiro atoms. The number of benzene rings is 1. The number of fused-ring (bicyclic) bond motifs is 3. The van der Waals surface area contributed by atoms with Gasteiger partial charge in [-0.1, -0.05) is 12.1 Å². The predicted octanol–water partition coefficient (Wildman–Crippen LogP) is 1.38. The van der Waals surface area contributed by atoms with Gasteiger partial charge >= 0.3 is 12.0 Å². The largest absolute Gasteiger partial charge is 0.480 e. The summed E-state index contributed by atoms with van der Waals surface area (Å²) in [5.74, 6) is -0.0846. The van der Waals surface area contributed by atoms with Gasteiger partial charge in [0.2, 0.25) is 0 Å². The van der Waals surface area contributed by atoms with E-state index in [2.05, 4.69) is 15.3 Å². The number of primary amides is 1. The highest BCUT2D eigenvalue weighted by molar-refractivity contribution is 6.06. The molecule has 9 heteroatoms. The number of anilines is 1. The van der Waals surface area contributed by atoms with Crippen LogP contribution in [-0.4, -0.2) is 45.7 Å². The lowest BCUT2D eigenvalue weighted by Crippen LogP contribution is -2.40. The van der Waals surface area contributed by atoms with Crippen LogP contribution in [0.25, 0.3) is 22.1 Å². The minimum Gasteiger partial charge on any atom is -0.480 e. The number of rotatable bonds is 3. The van der Waals surface area contributed by atoms with Crippen LogP contribution in [0.15, 0.2) is 28.7 Å². The Morgan fingerprint density at radius 2 is 2.12 bits per heavy atom. The van der Waals surface area contributed by atoms with Crippen LogP contribution in [-0.2, 0) is 4.79 Å². The van der Waals surface area contributed by atoms with Gasteiger partial charge in [0.15, 0.2) is 11.4 Å². The number of amides is 2. The van der Waals surface area contributed by atoms with Crippen molar-refractivity contribution in [3.8, 4) is 0 Å². The van der Waals surface area contributed by atoms with Gasteiger partial charge in [0.25, 0.3) is 0 Å². The predicted molar refractivity (Wildman–Crippen MR) is 93.9 cm³/mol. The number of carbonyl (C=O) groups excluding carboxylic acids is 1. The number of para-hydroxylation sites is 1. The number of furan rings is 1. The maximum absolute atomic E-state index is 11.8. The van der Waals surface area contributed by atoms with E-state index in [4.69, 9.17) is 10.2 Å². The zero-order valence-electron chi connectivity index (χ0n) is 14.0. The molecule has 3 aromatic rings. The fraction of sp³-hybridized carbons (Fsp3) is 0.294. The molecular weight excluding hydrogens is 338 g/mol. The Hall–Kier alpha value is -3.36. The summed E-state index contributed by atoms with van der Waals surface area (Å²) in [4.78, 5) is 33.4. The summed E-state index contributed by atoms with van der Waals surface area (Å²) in [6.45, 7) is 2.01. The van der Waals surface area contributed by atoms with Crippen LogP contribution in [0.4, 0.5) is 10.6 Å². The molecule has 0 aliphatic carbocycles. The summed E-state index contributed by atoms with van der Waals surface area (Å²) in [5, 5.41) is 13.0. The van der Waals surface area contributed by atoms with Crippen molar-refractivity contribution in [1.29, 1.82) is 0 Å². The molecule has 2 aromatic heterocycles. The van der Waals surface area contributed by atoms with Crippen molar-refractivity contribution in [1.82, 2.24) is 15.3 Å². The normalized spacial score (nSPS) is 20.0. The number of carboxylic acids is 1. The van der Waals surface area contributed by atoms with Gasteiger partial charge in [-0.3, -0.25) is 0 Å². The SMILES string of the molecule is Cc1nc(N2CC(NC(N)=O)CC2C(=O)O)c2oc3ccccc3c2n1. The van der Waals surface area contributed by atoms with Gasteiger partial charge in [0.05, 0.1) is 6.04 Å². The van der Waals surface area contributed by atoms with Crippen LogP contribution in [0.5, 0.6) is 0 Å². The van der Waals surface area contributed by atoms with Crippen LogP contribution in [0.3, 0.4) is 0 Å². The lowest BCUT2D eigenvalue weighted by atomic mass is 10.2. The van der Waals surface area contributed by atoms with Crippen molar-refractivity contribution < 1.29 is 19.1 Å². The van der Waals surface area contributed by atoms with E-state index in [0.717, 1.165) is 5.39 Å². The first-order valence-electron chi connectivity index (χ1n) is 8.15. The Balaban J connectivity index is 1.86. The van der Waals surface area contributed by atoms with E-state index < -0.39 is 18.0 Å². The van der Waals surface area contributed by atoms with Gasteiger partial charge in [0.1, 0.15) is 23.0 Å². The van der Waals surface area contributed by atoms with E-state index in [9.17, 15) is 14.7 Å². The number of hydrogen-bond acceptors (Lipinski definition) is 6. The Labute approximate surface area is 147 Å². The molecule has 3 heterocycles. The molecule has 2 atom stereocenters. The van der Waals surface area contributed by atoms with Gasteiger partial charge in [-0.25, -0.2) is 19.6 Å². The Morgan fingerprint density at radius 1 is 1.35 bits per heavy atom. The monoisotopic (exact) mass is 355 g/mol. The lowest BCUT2D eigenvalue weighted by molar-refractivity contribution is -0.138. The van der Waals surface area contributed by atoms with Crippen LogP contribution < -0.4 is 16.0 Å². The molecule has 1 fully saturated rings. The first-order valence-corrected chi connectivity index (χ1v) is 8.15. The Morgan fingerprint density at radius 3 is 2.85 bits per heavy atom. The maximum Gasteiger partial charge on any atom is 0.326 e. The van der Waals surface area contributed by atoms with E-state index in [1.165, 1.54) is 0 Å². The van der Waals surface area contributed by atoms with Crippen molar-refractivity contribution in [3.05, 3.63) is 30.1 Å². The number of urea groups is 1. The standard InChI is InChI=1S/C17H17N5O4/c1-8-19-13-10-4-2-3-5-12(10)26-14(13)15(20-8)22-7-9(21-17(18)25)6-11(22)16(23)24/h2-5,9,11H,6-7H2,1H3,(H,23,24)(H3,18,21,25). The van der Waals surface area contributed by atoms with Crippen molar-refractivity contribution >= 4 is 39.9 Å². The van der Waals surface area contributed by atoms with E-state index >= 15 is 0 Å². The number of aromatic nitrogens is 2. The molecule has 1 aliphatic rings. The third-order valence-corrected chi connectivity index (χ3v) is 4.52. The summed E-state index contributed by atoms with van der Waals surface area (Å²) >= 11 is 0. The van der Waals surface area contributed by atoms with Crippen molar-refractivity contribution in [2.75, 3.05) is 11.4 Å². The van der Waals surface area contributed by atoms with Crippen molar-refractivity contribution in [3.63, 3.8) is 0 Å². The number of aliphatic carboxylic acids is 1. The summed E-state index contributed by atoms with van der Waals surface area (Å²) < 4.78 is 5.92. The fourth-order valence-corrected chi connectivity index (χ4v) is 3.49. The molecule has 4 rings (SSSR count). The fourth-order valence-electron chi connectivity index (χ4n) is 3.49. The zero-order chi connectivity index (χ0) is 18.4. The highest BCUT2D eigenvalue weighted by Gasteiger charge is 2.39. The molecule has 134 valence electrons. The highest BCUT2D eigenvalue weighted by Crippen LogP contribution is 2.35. The number of nitrogens with one attached hydrogen (secondary N) is 1. The molecule has 26 heavy (non-hydrogen) atoms. The Kier molecular flexibility index (Phi) is 3.64. The van der Waals surface area contributed by atoms with Gasteiger partial charge in [0, 0.05) is 18.4 Å². The number of carboxylic acid groups (broad SMARTS) is 1. The van der Waals surface area contributed by atoms with Gasteiger partial charge < -0.3 is 25.5 Å². The maximum atomic E-state index is 11.8.